The lowest BCUT2D eigenvalue weighted by Gasteiger charge is -1.98. The number of thiazole rings is 1. The quantitative estimate of drug-likeness (QED) is 0.852. The van der Waals surface area contributed by atoms with Crippen LogP contribution in [-0.4, -0.2) is 4.98 Å². The molecule has 1 heterocycles. The van der Waals surface area contributed by atoms with E-state index in [4.69, 9.17) is 5.73 Å². The molecule has 2 N–H and O–H groups in total. The first kappa shape index (κ1) is 13.5. The molecule has 0 atom stereocenters. The Morgan fingerprint density at radius 1 is 1.44 bits per heavy atom. The third-order valence-electron chi connectivity index (χ3n) is 2.50. The highest BCUT2D eigenvalue weighted by atomic mass is 32.2. The largest absolute Gasteiger partial charge is 0.326 e. The van der Waals surface area contributed by atoms with Crippen molar-refractivity contribution < 1.29 is 4.39 Å². The maximum Gasteiger partial charge on any atom is 0.124 e. The van der Waals surface area contributed by atoms with Crippen LogP contribution in [0, 0.1) is 5.82 Å². The Morgan fingerprint density at radius 3 is 2.89 bits per heavy atom. The molecule has 0 saturated heterocycles. The van der Waals surface area contributed by atoms with Crippen molar-refractivity contribution in [1.82, 2.24) is 4.98 Å². The van der Waals surface area contributed by atoms with Gasteiger partial charge in [0.1, 0.15) is 10.8 Å². The predicted octanol–water partition coefficient (Wildman–Crippen LogP) is 3.60. The van der Waals surface area contributed by atoms with Gasteiger partial charge in [-0.1, -0.05) is 13.0 Å². The molecule has 5 heteroatoms. The third kappa shape index (κ3) is 3.31. The highest BCUT2D eigenvalue weighted by Gasteiger charge is 2.08. The normalized spacial score (nSPS) is 10.8. The smallest absolute Gasteiger partial charge is 0.124 e. The van der Waals surface area contributed by atoms with Gasteiger partial charge in [0, 0.05) is 16.3 Å². The number of nitrogens with zero attached hydrogens (tertiary/aromatic N) is 1. The number of rotatable bonds is 5. The average molecular weight is 282 g/mol. The molecule has 0 aliphatic rings. The van der Waals surface area contributed by atoms with E-state index in [1.54, 1.807) is 35.2 Å². The van der Waals surface area contributed by atoms with Crippen molar-refractivity contribution in [1.29, 1.82) is 0 Å². The van der Waals surface area contributed by atoms with E-state index >= 15 is 0 Å². The summed E-state index contributed by atoms with van der Waals surface area (Å²) in [6.45, 7) is 2.63. The lowest BCUT2D eigenvalue weighted by molar-refractivity contribution is 0.624. The molecule has 18 heavy (non-hydrogen) atoms. The molecule has 1 aromatic heterocycles. The fourth-order valence-corrected chi connectivity index (χ4v) is 3.61. The fourth-order valence-electron chi connectivity index (χ4n) is 1.64. The maximum absolute atomic E-state index is 13.0. The second-order valence-electron chi connectivity index (χ2n) is 3.78. The molecule has 0 saturated carbocycles. The lowest BCUT2D eigenvalue weighted by Crippen LogP contribution is -1.96. The molecule has 0 aliphatic heterocycles. The Hall–Kier alpha value is -0.910. The van der Waals surface area contributed by atoms with Gasteiger partial charge in [-0.3, -0.25) is 0 Å². The minimum Gasteiger partial charge on any atom is -0.326 e. The number of nitrogens with two attached hydrogens (primary N) is 1. The Morgan fingerprint density at radius 2 is 2.28 bits per heavy atom. The molecule has 2 rings (SSSR count). The first-order chi connectivity index (χ1) is 8.72. The van der Waals surface area contributed by atoms with Crippen LogP contribution in [0.1, 0.15) is 22.5 Å². The highest BCUT2D eigenvalue weighted by molar-refractivity contribution is 7.98. The summed E-state index contributed by atoms with van der Waals surface area (Å²) in [5.74, 6) is 0.567. The van der Waals surface area contributed by atoms with Crippen LogP contribution in [0.2, 0.25) is 0 Å². The summed E-state index contributed by atoms with van der Waals surface area (Å²) >= 11 is 3.25. The molecule has 0 radical (unpaired) electrons. The third-order valence-corrected chi connectivity index (χ3v) is 4.81. The van der Waals surface area contributed by atoms with E-state index < -0.39 is 0 Å². The van der Waals surface area contributed by atoms with Crippen molar-refractivity contribution in [3.8, 4) is 0 Å². The monoisotopic (exact) mass is 282 g/mol. The molecule has 0 unspecified atom stereocenters. The number of aryl methyl sites for hydroxylation is 1. The Labute approximate surface area is 114 Å². The summed E-state index contributed by atoms with van der Waals surface area (Å²) in [6, 6.07) is 6.63. The van der Waals surface area contributed by atoms with E-state index in [0.29, 0.717) is 6.54 Å². The van der Waals surface area contributed by atoms with Gasteiger partial charge in [-0.05, 0) is 24.6 Å². The summed E-state index contributed by atoms with van der Waals surface area (Å²) in [5, 5.41) is 1.06. The van der Waals surface area contributed by atoms with Crippen LogP contribution in [0.15, 0.2) is 29.2 Å². The first-order valence-corrected chi connectivity index (χ1v) is 7.59. The molecule has 0 spiro atoms. The molecule has 1 aromatic carbocycles. The summed E-state index contributed by atoms with van der Waals surface area (Å²) < 4.78 is 13.0. The highest BCUT2D eigenvalue weighted by Crippen LogP contribution is 2.27. The van der Waals surface area contributed by atoms with Gasteiger partial charge in [-0.25, -0.2) is 9.37 Å². The number of halogens is 1. The van der Waals surface area contributed by atoms with Crippen LogP contribution in [0.5, 0.6) is 0 Å². The van der Waals surface area contributed by atoms with Crippen molar-refractivity contribution in [3.05, 3.63) is 45.7 Å². The minimum absolute atomic E-state index is 0.198. The van der Waals surface area contributed by atoms with Crippen molar-refractivity contribution >= 4 is 23.1 Å². The summed E-state index contributed by atoms with van der Waals surface area (Å²) in [6.07, 6.45) is 0.910. The van der Waals surface area contributed by atoms with Crippen LogP contribution >= 0.6 is 23.1 Å². The zero-order valence-corrected chi connectivity index (χ0v) is 11.8. The topological polar surface area (TPSA) is 38.9 Å². The van der Waals surface area contributed by atoms with E-state index in [9.17, 15) is 4.39 Å². The van der Waals surface area contributed by atoms with E-state index in [0.717, 1.165) is 32.6 Å². The molecule has 96 valence electrons. The molecule has 2 aromatic rings. The zero-order chi connectivity index (χ0) is 13.0. The predicted molar refractivity (Wildman–Crippen MR) is 75.3 cm³/mol. The number of hydrogen-bond donors (Lipinski definition) is 1. The van der Waals surface area contributed by atoms with Gasteiger partial charge in [0.2, 0.25) is 0 Å². The molecule has 0 aliphatic carbocycles. The van der Waals surface area contributed by atoms with Crippen molar-refractivity contribution in [2.45, 2.75) is 30.5 Å². The molecule has 0 bridgehead atoms. The van der Waals surface area contributed by atoms with Gasteiger partial charge in [0.05, 0.1) is 11.4 Å². The van der Waals surface area contributed by atoms with Crippen LogP contribution in [0.4, 0.5) is 4.39 Å². The van der Waals surface area contributed by atoms with Crippen LogP contribution < -0.4 is 5.73 Å². The zero-order valence-electron chi connectivity index (χ0n) is 10.1. The van der Waals surface area contributed by atoms with Gasteiger partial charge >= 0.3 is 0 Å². The van der Waals surface area contributed by atoms with Gasteiger partial charge in [0.25, 0.3) is 0 Å². The second kappa shape index (κ2) is 6.31. The number of thioether (sulfide) groups is 1. The van der Waals surface area contributed by atoms with Crippen LogP contribution in [0.3, 0.4) is 0 Å². The Kier molecular flexibility index (Phi) is 4.74. The summed E-state index contributed by atoms with van der Waals surface area (Å²) in [7, 11) is 0. The van der Waals surface area contributed by atoms with E-state index in [2.05, 4.69) is 11.9 Å². The molecular weight excluding hydrogens is 267 g/mol. The first-order valence-electron chi connectivity index (χ1n) is 5.78. The fraction of sp³-hybridized carbons (Fsp3) is 0.308. The average Bonchev–Trinajstić information content (AvgIpc) is 2.79. The summed E-state index contributed by atoms with van der Waals surface area (Å²) in [4.78, 5) is 6.65. The number of aromatic nitrogens is 1. The molecule has 2 nitrogen and oxygen atoms in total. The molecular formula is C13H15FN2S2. The van der Waals surface area contributed by atoms with Gasteiger partial charge in [-0.15, -0.1) is 23.1 Å². The second-order valence-corrected chi connectivity index (χ2v) is 6.00. The molecule has 0 fully saturated rings. The number of hydrogen-bond acceptors (Lipinski definition) is 4. The van der Waals surface area contributed by atoms with Crippen molar-refractivity contribution in [3.63, 3.8) is 0 Å². The van der Waals surface area contributed by atoms with E-state index in [1.807, 2.05) is 6.07 Å². The van der Waals surface area contributed by atoms with E-state index in [1.165, 1.54) is 6.07 Å². The van der Waals surface area contributed by atoms with Gasteiger partial charge in [0.15, 0.2) is 0 Å². The van der Waals surface area contributed by atoms with Crippen LogP contribution in [0.25, 0.3) is 0 Å². The minimum atomic E-state index is -0.198. The molecule has 0 amide bonds. The van der Waals surface area contributed by atoms with Crippen LogP contribution in [-0.2, 0) is 18.7 Å². The summed E-state index contributed by atoms with van der Waals surface area (Å²) in [5.41, 5.74) is 6.78. The number of benzene rings is 1. The SMILES string of the molecule is CCc1nc(CSc2cccc(F)c2)sc1CN. The maximum atomic E-state index is 13.0. The van der Waals surface area contributed by atoms with Crippen molar-refractivity contribution in [2.24, 2.45) is 5.73 Å². The standard InChI is InChI=1S/C13H15FN2S2/c1-2-11-12(7-15)18-13(16-11)8-17-10-5-3-4-9(14)6-10/h3-6H,2,7-8,15H2,1H3. The van der Waals surface area contributed by atoms with Crippen molar-refractivity contribution in [2.75, 3.05) is 0 Å². The lowest BCUT2D eigenvalue weighted by atomic mass is 10.3. The van der Waals surface area contributed by atoms with E-state index in [-0.39, 0.29) is 5.82 Å². The van der Waals surface area contributed by atoms with Gasteiger partial charge in [-0.2, -0.15) is 0 Å². The Bertz CT molecular complexity index is 504. The Balaban J connectivity index is 2.04. The van der Waals surface area contributed by atoms with Gasteiger partial charge < -0.3 is 5.73 Å².